The number of ether oxygens (including phenoxy) is 2. The minimum Gasteiger partial charge on any atom is -0.488 e. The van der Waals surface area contributed by atoms with E-state index in [4.69, 9.17) is 15.3 Å². The van der Waals surface area contributed by atoms with Gasteiger partial charge in [0.05, 0.1) is 12.7 Å². The lowest BCUT2D eigenvalue weighted by Crippen LogP contribution is -2.44. The highest BCUT2D eigenvalue weighted by atomic mass is 19.3. The zero-order valence-corrected chi connectivity index (χ0v) is 15.2. The van der Waals surface area contributed by atoms with Crippen molar-refractivity contribution in [2.75, 3.05) is 31.9 Å². The van der Waals surface area contributed by atoms with Crippen molar-refractivity contribution in [2.24, 2.45) is 5.73 Å². The van der Waals surface area contributed by atoms with Crippen molar-refractivity contribution in [2.45, 2.75) is 25.7 Å². The number of hydrogen-bond acceptors (Lipinski definition) is 6. The average Bonchev–Trinajstić information content (AvgIpc) is 2.70. The first-order chi connectivity index (χ1) is 13.3. The number of anilines is 1. The maximum atomic E-state index is 12.3. The number of primary amides is 1. The third-order valence-electron chi connectivity index (χ3n) is 3.95. The number of piperidine rings is 1. The van der Waals surface area contributed by atoms with Gasteiger partial charge in [-0.1, -0.05) is 0 Å². The van der Waals surface area contributed by atoms with Crippen LogP contribution < -0.4 is 15.5 Å². The van der Waals surface area contributed by atoms with E-state index < -0.39 is 31.1 Å². The number of rotatable bonds is 5. The monoisotopic (exact) mass is 401 g/mol. The molecule has 1 aromatic rings. The predicted octanol–water partition coefficient (Wildman–Crippen LogP) is 2.54. The summed E-state index contributed by atoms with van der Waals surface area (Å²) in [5, 5.41) is 0.458. The SMILES string of the molecule is COC(=O)c1cc(OCC(F)F)ccc1N(OC(=O)N1CCCCC1)C(N)=O. The molecule has 1 heterocycles. The van der Waals surface area contributed by atoms with Gasteiger partial charge < -0.3 is 24.9 Å². The van der Waals surface area contributed by atoms with Gasteiger partial charge in [-0.3, -0.25) is 0 Å². The molecular weight excluding hydrogens is 380 g/mol. The fourth-order valence-electron chi connectivity index (χ4n) is 2.64. The van der Waals surface area contributed by atoms with Gasteiger partial charge in [-0.15, -0.1) is 5.06 Å². The van der Waals surface area contributed by atoms with Crippen molar-refractivity contribution in [3.05, 3.63) is 23.8 Å². The predicted molar refractivity (Wildman–Crippen MR) is 93.2 cm³/mol. The maximum Gasteiger partial charge on any atom is 0.434 e. The van der Waals surface area contributed by atoms with Crippen molar-refractivity contribution in [1.82, 2.24) is 4.90 Å². The highest BCUT2D eigenvalue weighted by Crippen LogP contribution is 2.27. The van der Waals surface area contributed by atoms with Crippen molar-refractivity contribution < 1.29 is 37.5 Å². The molecule has 28 heavy (non-hydrogen) atoms. The van der Waals surface area contributed by atoms with Crippen LogP contribution in [0.25, 0.3) is 0 Å². The lowest BCUT2D eigenvalue weighted by molar-refractivity contribution is 0.0594. The molecule has 3 amide bonds. The molecule has 154 valence electrons. The highest BCUT2D eigenvalue weighted by molar-refractivity contribution is 6.01. The largest absolute Gasteiger partial charge is 0.488 e. The normalized spacial score (nSPS) is 13.8. The first-order valence-corrected chi connectivity index (χ1v) is 8.53. The zero-order chi connectivity index (χ0) is 20.7. The Labute approximate surface area is 159 Å². The standard InChI is InChI=1S/C17H21F2N3O6/c1-26-15(23)12-9-11(27-10-14(18)19)5-6-13(12)22(16(20)24)28-17(25)21-7-3-2-4-8-21/h5-6,9,14H,2-4,7-8,10H2,1H3,(H2,20,24). The van der Waals surface area contributed by atoms with E-state index in [1.807, 2.05) is 0 Å². The topological polar surface area (TPSA) is 111 Å². The van der Waals surface area contributed by atoms with Crippen molar-refractivity contribution in [3.8, 4) is 5.75 Å². The number of alkyl halides is 2. The number of amides is 3. The number of hydrogen-bond donors (Lipinski definition) is 1. The number of carbonyl (C=O) groups is 3. The molecule has 1 fully saturated rings. The van der Waals surface area contributed by atoms with Crippen LogP contribution in [-0.4, -0.2) is 56.2 Å². The zero-order valence-electron chi connectivity index (χ0n) is 15.2. The van der Waals surface area contributed by atoms with E-state index in [1.54, 1.807) is 0 Å². The van der Waals surface area contributed by atoms with Gasteiger partial charge in [0.2, 0.25) is 0 Å². The van der Waals surface area contributed by atoms with Gasteiger partial charge in [0.25, 0.3) is 6.43 Å². The molecule has 0 atom stereocenters. The van der Waals surface area contributed by atoms with Crippen LogP contribution in [0, 0.1) is 0 Å². The quantitative estimate of drug-likeness (QED) is 0.600. The van der Waals surface area contributed by atoms with Crippen molar-refractivity contribution in [3.63, 3.8) is 0 Å². The Balaban J connectivity index is 2.29. The van der Waals surface area contributed by atoms with E-state index in [-0.39, 0.29) is 17.0 Å². The van der Waals surface area contributed by atoms with Crippen LogP contribution in [0.2, 0.25) is 0 Å². The van der Waals surface area contributed by atoms with Crippen LogP contribution >= 0.6 is 0 Å². The molecule has 0 aromatic heterocycles. The molecule has 0 saturated carbocycles. The van der Waals surface area contributed by atoms with Gasteiger partial charge in [-0.05, 0) is 37.5 Å². The summed E-state index contributed by atoms with van der Waals surface area (Å²) in [5.74, 6) is -0.964. The van der Waals surface area contributed by atoms with E-state index in [9.17, 15) is 23.2 Å². The Morgan fingerprint density at radius 1 is 1.21 bits per heavy atom. The van der Waals surface area contributed by atoms with Crippen LogP contribution in [0.4, 0.5) is 24.1 Å². The summed E-state index contributed by atoms with van der Waals surface area (Å²) in [6, 6.07) is 2.35. The molecule has 0 unspecified atom stereocenters. The number of esters is 1. The van der Waals surface area contributed by atoms with Gasteiger partial charge >= 0.3 is 18.1 Å². The third kappa shape index (κ3) is 5.44. The molecule has 0 radical (unpaired) electrons. The lowest BCUT2D eigenvalue weighted by atomic mass is 10.1. The number of nitrogens with zero attached hydrogens (tertiary/aromatic N) is 2. The van der Waals surface area contributed by atoms with Crippen LogP contribution in [0.5, 0.6) is 5.75 Å². The molecule has 2 rings (SSSR count). The smallest absolute Gasteiger partial charge is 0.434 e. The van der Waals surface area contributed by atoms with Gasteiger partial charge in [0.15, 0.2) is 0 Å². The molecule has 1 saturated heterocycles. The first kappa shape index (κ1) is 21.2. The second kappa shape index (κ2) is 9.72. The Hall–Kier alpha value is -3.11. The van der Waals surface area contributed by atoms with E-state index in [0.29, 0.717) is 18.2 Å². The van der Waals surface area contributed by atoms with Crippen LogP contribution in [0.15, 0.2) is 18.2 Å². The second-order valence-corrected chi connectivity index (χ2v) is 5.91. The Morgan fingerprint density at radius 2 is 1.89 bits per heavy atom. The molecule has 0 aliphatic carbocycles. The summed E-state index contributed by atoms with van der Waals surface area (Å²) in [6.07, 6.45) is -0.929. The van der Waals surface area contributed by atoms with E-state index in [2.05, 4.69) is 4.74 Å². The molecule has 0 spiro atoms. The van der Waals surface area contributed by atoms with Gasteiger partial charge in [-0.25, -0.2) is 23.2 Å². The molecule has 2 N–H and O–H groups in total. The third-order valence-corrected chi connectivity index (χ3v) is 3.95. The Bertz CT molecular complexity index is 725. The van der Waals surface area contributed by atoms with Gasteiger partial charge in [-0.2, -0.15) is 0 Å². The van der Waals surface area contributed by atoms with Gasteiger partial charge in [0.1, 0.15) is 18.0 Å². The minimum absolute atomic E-state index is 0.0590. The van der Waals surface area contributed by atoms with Crippen LogP contribution in [0.3, 0.4) is 0 Å². The Kier molecular flexibility index (Phi) is 7.36. The van der Waals surface area contributed by atoms with E-state index >= 15 is 0 Å². The average molecular weight is 401 g/mol. The number of nitrogens with two attached hydrogens (primary N) is 1. The molecule has 1 aliphatic heterocycles. The molecule has 0 bridgehead atoms. The summed E-state index contributed by atoms with van der Waals surface area (Å²) >= 11 is 0. The number of benzene rings is 1. The van der Waals surface area contributed by atoms with Crippen molar-refractivity contribution in [1.29, 1.82) is 0 Å². The van der Waals surface area contributed by atoms with Crippen LogP contribution in [0.1, 0.15) is 29.6 Å². The van der Waals surface area contributed by atoms with Crippen LogP contribution in [-0.2, 0) is 9.57 Å². The maximum absolute atomic E-state index is 12.3. The minimum atomic E-state index is -2.71. The highest BCUT2D eigenvalue weighted by Gasteiger charge is 2.28. The number of likely N-dealkylation sites (tertiary alicyclic amines) is 1. The molecule has 1 aliphatic rings. The first-order valence-electron chi connectivity index (χ1n) is 8.53. The summed E-state index contributed by atoms with van der Waals surface area (Å²) in [4.78, 5) is 42.7. The summed E-state index contributed by atoms with van der Waals surface area (Å²) in [7, 11) is 1.09. The number of urea groups is 1. The second-order valence-electron chi connectivity index (χ2n) is 5.91. The van der Waals surface area contributed by atoms with E-state index in [0.717, 1.165) is 32.4 Å². The van der Waals surface area contributed by atoms with Gasteiger partial charge in [0, 0.05) is 13.1 Å². The number of carbonyl (C=O) groups excluding carboxylic acids is 3. The molecular formula is C17H21F2N3O6. The van der Waals surface area contributed by atoms with E-state index in [1.165, 1.54) is 17.0 Å². The Morgan fingerprint density at radius 3 is 2.46 bits per heavy atom. The fourth-order valence-corrected chi connectivity index (χ4v) is 2.64. The fraction of sp³-hybridized carbons (Fsp3) is 0.471. The number of hydroxylamine groups is 1. The number of methoxy groups -OCH3 is 1. The lowest BCUT2D eigenvalue weighted by Gasteiger charge is -2.28. The summed E-state index contributed by atoms with van der Waals surface area (Å²) in [5.41, 5.74) is 4.87. The molecule has 1 aromatic carbocycles. The number of halogens is 2. The molecule has 9 nitrogen and oxygen atoms in total. The summed E-state index contributed by atoms with van der Waals surface area (Å²) < 4.78 is 34.2. The summed E-state index contributed by atoms with van der Waals surface area (Å²) in [6.45, 7) is 0.0504. The molecule has 11 heteroatoms. The van der Waals surface area contributed by atoms with Crippen molar-refractivity contribution >= 4 is 23.8 Å².